The topological polar surface area (TPSA) is 80.4 Å². The third-order valence-electron chi connectivity index (χ3n) is 1.67. The van der Waals surface area contributed by atoms with Crippen molar-refractivity contribution in [3.63, 3.8) is 0 Å². The zero-order valence-electron chi connectivity index (χ0n) is 7.25. The maximum Gasteiger partial charge on any atom is 0.375 e. The van der Waals surface area contributed by atoms with E-state index in [1.807, 2.05) is 0 Å². The minimum Gasteiger partial charge on any atom is -0.475 e. The van der Waals surface area contributed by atoms with Gasteiger partial charge in [-0.1, -0.05) is 0 Å². The van der Waals surface area contributed by atoms with Crippen LogP contribution in [-0.4, -0.2) is 30.7 Å². The van der Waals surface area contributed by atoms with Crippen molar-refractivity contribution in [2.45, 2.75) is 11.7 Å². The van der Waals surface area contributed by atoms with E-state index < -0.39 is 18.5 Å². The van der Waals surface area contributed by atoms with Gasteiger partial charge in [0.1, 0.15) is 11.7 Å². The van der Waals surface area contributed by atoms with Gasteiger partial charge < -0.3 is 5.11 Å². The molecular formula is C7H5FN4O2S. The van der Waals surface area contributed by atoms with Crippen LogP contribution < -0.4 is 0 Å². The minimum atomic E-state index is -1.27. The second-order valence-corrected chi connectivity index (χ2v) is 3.15. The van der Waals surface area contributed by atoms with Gasteiger partial charge in [0, 0.05) is 0 Å². The molecule has 78 valence electrons. The molecule has 0 atom stereocenters. The molecule has 0 aromatic carbocycles. The summed E-state index contributed by atoms with van der Waals surface area (Å²) < 4.78 is 13.5. The number of nitrogens with zero attached hydrogens (tertiary/aromatic N) is 4. The third kappa shape index (κ3) is 1.63. The molecule has 0 saturated heterocycles. The van der Waals surface area contributed by atoms with Gasteiger partial charge in [-0.05, 0) is 6.07 Å². The first-order valence-corrected chi connectivity index (χ1v) is 4.31. The van der Waals surface area contributed by atoms with E-state index in [0.29, 0.717) is 0 Å². The Hall–Kier alpha value is -1.70. The smallest absolute Gasteiger partial charge is 0.375 e. The highest BCUT2D eigenvalue weighted by atomic mass is 32.1. The highest BCUT2D eigenvalue weighted by Gasteiger charge is 2.13. The summed E-state index contributed by atoms with van der Waals surface area (Å²) in [6, 6.07) is 1.36. The molecule has 2 aromatic heterocycles. The molecular weight excluding hydrogens is 223 g/mol. The summed E-state index contributed by atoms with van der Waals surface area (Å²) in [6.45, 7) is -0.765. The fraction of sp³-hybridized carbons (Fsp3) is 0.143. The summed E-state index contributed by atoms with van der Waals surface area (Å²) in [5.74, 6) is -1.64. The van der Waals surface area contributed by atoms with E-state index in [1.54, 1.807) is 0 Å². The number of rotatable bonds is 2. The molecule has 8 heteroatoms. The molecule has 0 amide bonds. The Labute approximate surface area is 88.2 Å². The molecule has 1 N–H and O–H groups in total. The highest BCUT2D eigenvalue weighted by Crippen LogP contribution is 2.11. The summed E-state index contributed by atoms with van der Waals surface area (Å²) >= 11 is 4.02. The first kappa shape index (κ1) is 9.84. The van der Waals surface area contributed by atoms with E-state index in [9.17, 15) is 9.18 Å². The molecule has 0 aliphatic heterocycles. The second-order valence-electron chi connectivity index (χ2n) is 2.69. The molecule has 15 heavy (non-hydrogen) atoms. The lowest BCUT2D eigenvalue weighted by Gasteiger charge is -1.97. The van der Waals surface area contributed by atoms with Crippen LogP contribution in [0, 0.1) is 0 Å². The zero-order chi connectivity index (χ0) is 11.0. The molecule has 0 aliphatic rings. The van der Waals surface area contributed by atoms with Crippen LogP contribution in [0.1, 0.15) is 16.3 Å². The normalized spacial score (nSPS) is 10.8. The number of thiol groups is 1. The number of carboxylic acids is 1. The van der Waals surface area contributed by atoms with Gasteiger partial charge in [-0.15, -0.1) is 17.7 Å². The van der Waals surface area contributed by atoms with Crippen molar-refractivity contribution in [1.29, 1.82) is 0 Å². The molecule has 6 nitrogen and oxygen atoms in total. The fourth-order valence-electron chi connectivity index (χ4n) is 1.06. The van der Waals surface area contributed by atoms with Gasteiger partial charge in [0.25, 0.3) is 11.6 Å². The quantitative estimate of drug-likeness (QED) is 0.580. The lowest BCUT2D eigenvalue weighted by Crippen LogP contribution is -2.00. The predicted molar refractivity (Wildman–Crippen MR) is 49.8 cm³/mol. The number of halogens is 1. The van der Waals surface area contributed by atoms with Gasteiger partial charge in [-0.2, -0.15) is 9.50 Å². The van der Waals surface area contributed by atoms with E-state index in [0.717, 1.165) is 4.52 Å². The third-order valence-corrected chi connectivity index (χ3v) is 1.99. The Morgan fingerprint density at radius 2 is 2.33 bits per heavy atom. The Morgan fingerprint density at radius 3 is 2.93 bits per heavy atom. The van der Waals surface area contributed by atoms with Crippen LogP contribution >= 0.6 is 12.6 Å². The van der Waals surface area contributed by atoms with Crippen LogP contribution in [0.25, 0.3) is 5.78 Å². The monoisotopic (exact) mass is 228 g/mol. The van der Waals surface area contributed by atoms with E-state index >= 15 is 0 Å². The van der Waals surface area contributed by atoms with Gasteiger partial charge in [0.15, 0.2) is 0 Å². The van der Waals surface area contributed by atoms with E-state index in [-0.39, 0.29) is 16.5 Å². The summed E-state index contributed by atoms with van der Waals surface area (Å²) in [5.41, 5.74) is 0.136. The highest BCUT2D eigenvalue weighted by molar-refractivity contribution is 7.80. The molecule has 0 radical (unpaired) electrons. The van der Waals surface area contributed by atoms with Crippen molar-refractivity contribution in [3.8, 4) is 0 Å². The Morgan fingerprint density at radius 1 is 1.60 bits per heavy atom. The van der Waals surface area contributed by atoms with Crippen LogP contribution in [0.15, 0.2) is 11.1 Å². The van der Waals surface area contributed by atoms with Crippen molar-refractivity contribution in [2.24, 2.45) is 0 Å². The number of alkyl halides is 1. The average Bonchev–Trinajstić information content (AvgIpc) is 2.61. The van der Waals surface area contributed by atoms with Gasteiger partial charge in [0.05, 0.1) is 5.69 Å². The molecule has 0 saturated carbocycles. The molecule has 0 aliphatic carbocycles. The van der Waals surface area contributed by atoms with Gasteiger partial charge in [-0.25, -0.2) is 14.2 Å². The first-order valence-electron chi connectivity index (χ1n) is 3.86. The van der Waals surface area contributed by atoms with Crippen molar-refractivity contribution in [1.82, 2.24) is 19.6 Å². The number of carbonyl (C=O) groups is 1. The fourth-order valence-corrected chi connectivity index (χ4v) is 1.34. The summed E-state index contributed by atoms with van der Waals surface area (Å²) in [7, 11) is 0. The molecule has 2 aromatic rings. The Bertz CT molecular complexity index is 541. The number of aromatic carboxylic acids is 1. The lowest BCUT2D eigenvalue weighted by molar-refractivity contribution is 0.0683. The largest absolute Gasteiger partial charge is 0.475 e. The Kier molecular flexibility index (Phi) is 2.27. The van der Waals surface area contributed by atoms with Crippen molar-refractivity contribution in [2.75, 3.05) is 0 Å². The van der Waals surface area contributed by atoms with Crippen molar-refractivity contribution in [3.05, 3.63) is 17.6 Å². The number of hydrogen-bond acceptors (Lipinski definition) is 5. The van der Waals surface area contributed by atoms with Gasteiger partial charge >= 0.3 is 5.97 Å². The standard InChI is InChI=1S/C7H5FN4O2S/c8-2-3-1-4(15)12-7(9-3)10-5(11-12)6(13)14/h1,15H,2H2,(H,13,14). The van der Waals surface area contributed by atoms with Crippen molar-refractivity contribution >= 4 is 24.4 Å². The summed E-state index contributed by atoms with van der Waals surface area (Å²) in [4.78, 5) is 17.9. The number of fused-ring (bicyclic) bond motifs is 1. The number of carboxylic acid groups (broad SMARTS) is 1. The number of hydrogen-bond donors (Lipinski definition) is 2. The summed E-state index contributed by atoms with van der Waals surface area (Å²) in [5, 5.41) is 12.6. The lowest BCUT2D eigenvalue weighted by atomic mass is 10.4. The average molecular weight is 228 g/mol. The molecule has 0 bridgehead atoms. The predicted octanol–water partition coefficient (Wildman–Crippen LogP) is 0.581. The molecule has 0 spiro atoms. The van der Waals surface area contributed by atoms with Crippen LogP contribution in [0.5, 0.6) is 0 Å². The van der Waals surface area contributed by atoms with Crippen LogP contribution in [0.4, 0.5) is 4.39 Å². The van der Waals surface area contributed by atoms with Crippen LogP contribution in [-0.2, 0) is 6.67 Å². The van der Waals surface area contributed by atoms with Crippen LogP contribution in [0.2, 0.25) is 0 Å². The molecule has 2 heterocycles. The molecule has 2 rings (SSSR count). The Balaban J connectivity index is 2.69. The first-order chi connectivity index (χ1) is 7.11. The molecule has 0 fully saturated rings. The second kappa shape index (κ2) is 3.46. The number of aromatic nitrogens is 4. The van der Waals surface area contributed by atoms with Crippen molar-refractivity contribution < 1.29 is 14.3 Å². The van der Waals surface area contributed by atoms with E-state index in [1.165, 1.54) is 6.07 Å². The molecule has 0 unspecified atom stereocenters. The van der Waals surface area contributed by atoms with Gasteiger partial charge in [0.2, 0.25) is 0 Å². The summed E-state index contributed by atoms with van der Waals surface area (Å²) in [6.07, 6.45) is 0. The zero-order valence-corrected chi connectivity index (χ0v) is 8.15. The minimum absolute atomic E-state index is 0.0209. The van der Waals surface area contributed by atoms with Gasteiger partial charge in [-0.3, -0.25) is 0 Å². The van der Waals surface area contributed by atoms with E-state index in [4.69, 9.17) is 5.11 Å². The SMILES string of the molecule is O=C(O)c1nc2nc(CF)cc(S)n2n1. The maximum absolute atomic E-state index is 12.3. The maximum atomic E-state index is 12.3. The van der Waals surface area contributed by atoms with E-state index in [2.05, 4.69) is 27.7 Å². The van der Waals surface area contributed by atoms with Crippen LogP contribution in [0.3, 0.4) is 0 Å².